The van der Waals surface area contributed by atoms with Gasteiger partial charge in [0, 0.05) is 13.0 Å². The average molecular weight is 195 g/mol. The van der Waals surface area contributed by atoms with Crippen molar-refractivity contribution in [2.24, 2.45) is 5.73 Å². The molecule has 3 N–H and O–H groups in total. The molecule has 0 aliphatic carbocycles. The third kappa shape index (κ3) is 3.01. The Bertz CT molecular complexity index is 252. The van der Waals surface area contributed by atoms with Crippen molar-refractivity contribution in [3.05, 3.63) is 29.8 Å². The van der Waals surface area contributed by atoms with Crippen LogP contribution in [0.4, 0.5) is 0 Å². The molecule has 0 fully saturated rings. The first-order valence-corrected chi connectivity index (χ1v) is 4.76. The fourth-order valence-corrected chi connectivity index (χ4v) is 1.50. The number of benzene rings is 1. The molecule has 0 radical (unpaired) electrons. The molecule has 3 nitrogen and oxygen atoms in total. The number of methoxy groups -OCH3 is 1. The predicted molar refractivity (Wildman–Crippen MR) is 56.4 cm³/mol. The van der Waals surface area contributed by atoms with Crippen LogP contribution in [0.3, 0.4) is 0 Å². The second-order valence-corrected chi connectivity index (χ2v) is 3.32. The number of phenolic OH excluding ortho intramolecular Hbond substituents is 1. The van der Waals surface area contributed by atoms with Crippen molar-refractivity contribution in [2.75, 3.05) is 20.3 Å². The second-order valence-electron chi connectivity index (χ2n) is 3.32. The highest BCUT2D eigenvalue weighted by molar-refractivity contribution is 5.28. The van der Waals surface area contributed by atoms with Crippen molar-refractivity contribution in [2.45, 2.75) is 12.3 Å². The average Bonchev–Trinajstić information content (AvgIpc) is 2.19. The van der Waals surface area contributed by atoms with Gasteiger partial charge in [-0.25, -0.2) is 0 Å². The summed E-state index contributed by atoms with van der Waals surface area (Å²) in [4.78, 5) is 0. The van der Waals surface area contributed by atoms with Crippen molar-refractivity contribution >= 4 is 0 Å². The van der Waals surface area contributed by atoms with Gasteiger partial charge in [-0.15, -0.1) is 0 Å². The molecule has 3 heteroatoms. The first-order valence-electron chi connectivity index (χ1n) is 4.76. The Morgan fingerprint density at radius 3 is 2.50 bits per heavy atom. The monoisotopic (exact) mass is 195 g/mol. The molecule has 14 heavy (non-hydrogen) atoms. The summed E-state index contributed by atoms with van der Waals surface area (Å²) in [5.74, 6) is 0.614. The Balaban J connectivity index is 2.71. The van der Waals surface area contributed by atoms with E-state index in [1.807, 2.05) is 12.1 Å². The Morgan fingerprint density at radius 2 is 2.00 bits per heavy atom. The molecule has 0 aromatic heterocycles. The summed E-state index contributed by atoms with van der Waals surface area (Å²) in [6, 6.07) is 7.20. The molecule has 1 rings (SSSR count). The Labute approximate surface area is 84.5 Å². The van der Waals surface area contributed by atoms with Crippen LogP contribution in [-0.2, 0) is 4.74 Å². The van der Waals surface area contributed by atoms with Gasteiger partial charge in [0.05, 0.1) is 6.61 Å². The highest BCUT2D eigenvalue weighted by atomic mass is 16.5. The highest BCUT2D eigenvalue weighted by Crippen LogP contribution is 2.21. The molecule has 1 atom stereocenters. The topological polar surface area (TPSA) is 55.5 Å². The van der Waals surface area contributed by atoms with Gasteiger partial charge in [0.25, 0.3) is 0 Å². The van der Waals surface area contributed by atoms with Crippen LogP contribution in [-0.4, -0.2) is 25.4 Å². The lowest BCUT2D eigenvalue weighted by molar-refractivity contribution is 0.176. The molecule has 1 aromatic rings. The van der Waals surface area contributed by atoms with Crippen LogP contribution in [0.2, 0.25) is 0 Å². The third-order valence-corrected chi connectivity index (χ3v) is 2.25. The summed E-state index contributed by atoms with van der Waals surface area (Å²) in [6.45, 7) is 1.32. The zero-order valence-corrected chi connectivity index (χ0v) is 8.44. The maximum Gasteiger partial charge on any atom is 0.115 e. The van der Waals surface area contributed by atoms with E-state index in [0.717, 1.165) is 12.0 Å². The minimum Gasteiger partial charge on any atom is -0.508 e. The number of rotatable bonds is 5. The largest absolute Gasteiger partial charge is 0.508 e. The number of ether oxygens (including phenoxy) is 1. The van der Waals surface area contributed by atoms with Gasteiger partial charge in [-0.3, -0.25) is 0 Å². The zero-order chi connectivity index (χ0) is 10.4. The molecule has 0 saturated carbocycles. The molecule has 0 aliphatic rings. The van der Waals surface area contributed by atoms with Crippen LogP contribution in [0.1, 0.15) is 17.9 Å². The lowest BCUT2D eigenvalue weighted by atomic mass is 9.96. The normalized spacial score (nSPS) is 12.7. The van der Waals surface area contributed by atoms with Crippen LogP contribution in [0.25, 0.3) is 0 Å². The summed E-state index contributed by atoms with van der Waals surface area (Å²) in [6.07, 6.45) is 0.901. The SMILES string of the molecule is COCC(CCN)c1ccc(O)cc1. The van der Waals surface area contributed by atoms with Gasteiger partial charge < -0.3 is 15.6 Å². The van der Waals surface area contributed by atoms with E-state index in [1.165, 1.54) is 0 Å². The molecule has 0 saturated heterocycles. The summed E-state index contributed by atoms with van der Waals surface area (Å²) in [5, 5.41) is 9.14. The van der Waals surface area contributed by atoms with Gasteiger partial charge >= 0.3 is 0 Å². The van der Waals surface area contributed by atoms with E-state index >= 15 is 0 Å². The van der Waals surface area contributed by atoms with Crippen LogP contribution >= 0.6 is 0 Å². The Morgan fingerprint density at radius 1 is 1.36 bits per heavy atom. The zero-order valence-electron chi connectivity index (χ0n) is 8.44. The van der Waals surface area contributed by atoms with Crippen LogP contribution < -0.4 is 5.73 Å². The summed E-state index contributed by atoms with van der Waals surface area (Å²) >= 11 is 0. The molecule has 78 valence electrons. The molecule has 1 aromatic carbocycles. The first kappa shape index (κ1) is 11.0. The van der Waals surface area contributed by atoms with Crippen molar-refractivity contribution in [1.82, 2.24) is 0 Å². The van der Waals surface area contributed by atoms with Gasteiger partial charge in [0.2, 0.25) is 0 Å². The lowest BCUT2D eigenvalue weighted by Gasteiger charge is -2.15. The van der Waals surface area contributed by atoms with E-state index in [9.17, 15) is 0 Å². The summed E-state index contributed by atoms with van der Waals surface area (Å²) < 4.78 is 5.12. The maximum atomic E-state index is 9.14. The predicted octanol–water partition coefficient (Wildman–Crippen LogP) is 1.47. The van der Waals surface area contributed by atoms with Gasteiger partial charge in [-0.2, -0.15) is 0 Å². The molecule has 0 amide bonds. The van der Waals surface area contributed by atoms with Crippen LogP contribution in [0.5, 0.6) is 5.75 Å². The fraction of sp³-hybridized carbons (Fsp3) is 0.455. The van der Waals surface area contributed by atoms with Crippen molar-refractivity contribution in [1.29, 1.82) is 0 Å². The van der Waals surface area contributed by atoms with Gasteiger partial charge in [-0.05, 0) is 30.7 Å². The molecule has 0 aliphatic heterocycles. The first-order chi connectivity index (χ1) is 6.77. The maximum absolute atomic E-state index is 9.14. The van der Waals surface area contributed by atoms with Crippen molar-refractivity contribution in [3.63, 3.8) is 0 Å². The van der Waals surface area contributed by atoms with E-state index in [-0.39, 0.29) is 5.75 Å². The fourth-order valence-electron chi connectivity index (χ4n) is 1.50. The second kappa shape index (κ2) is 5.62. The molecular weight excluding hydrogens is 178 g/mol. The summed E-state index contributed by atoms with van der Waals surface area (Å²) in [5.41, 5.74) is 6.68. The van der Waals surface area contributed by atoms with E-state index in [1.54, 1.807) is 19.2 Å². The molecular formula is C11H17NO2. The number of aromatic hydroxyl groups is 1. The number of nitrogens with two attached hydrogens (primary N) is 1. The van der Waals surface area contributed by atoms with Gasteiger partial charge in [-0.1, -0.05) is 12.1 Å². The van der Waals surface area contributed by atoms with E-state index in [4.69, 9.17) is 15.6 Å². The number of hydrogen-bond acceptors (Lipinski definition) is 3. The molecule has 0 bridgehead atoms. The lowest BCUT2D eigenvalue weighted by Crippen LogP contribution is -2.12. The van der Waals surface area contributed by atoms with Gasteiger partial charge in [0.1, 0.15) is 5.75 Å². The van der Waals surface area contributed by atoms with Crippen LogP contribution in [0, 0.1) is 0 Å². The smallest absolute Gasteiger partial charge is 0.115 e. The molecule has 0 heterocycles. The standard InChI is InChI=1S/C11H17NO2/c1-14-8-10(6-7-12)9-2-4-11(13)5-3-9/h2-5,10,13H,6-8,12H2,1H3. The Hall–Kier alpha value is -1.06. The quantitative estimate of drug-likeness (QED) is 0.748. The van der Waals surface area contributed by atoms with E-state index in [0.29, 0.717) is 19.1 Å². The van der Waals surface area contributed by atoms with E-state index in [2.05, 4.69) is 0 Å². The third-order valence-electron chi connectivity index (χ3n) is 2.25. The minimum atomic E-state index is 0.290. The minimum absolute atomic E-state index is 0.290. The summed E-state index contributed by atoms with van der Waals surface area (Å²) in [7, 11) is 1.68. The number of hydrogen-bond donors (Lipinski definition) is 2. The van der Waals surface area contributed by atoms with Crippen LogP contribution in [0.15, 0.2) is 24.3 Å². The van der Waals surface area contributed by atoms with Crippen molar-refractivity contribution < 1.29 is 9.84 Å². The number of phenols is 1. The van der Waals surface area contributed by atoms with Gasteiger partial charge in [0.15, 0.2) is 0 Å². The molecule has 0 spiro atoms. The highest BCUT2D eigenvalue weighted by Gasteiger charge is 2.09. The Kier molecular flexibility index (Phi) is 4.43. The molecule has 1 unspecified atom stereocenters. The van der Waals surface area contributed by atoms with E-state index < -0.39 is 0 Å². The van der Waals surface area contributed by atoms with Crippen molar-refractivity contribution in [3.8, 4) is 5.75 Å².